The third kappa shape index (κ3) is 4.99. The Morgan fingerprint density at radius 3 is 2.88 bits per heavy atom. The van der Waals surface area contributed by atoms with Crippen LogP contribution in [-0.2, 0) is 4.79 Å². The molecule has 0 aliphatic rings. The molecule has 0 saturated heterocycles. The molecule has 2 heteroatoms. The van der Waals surface area contributed by atoms with Crippen LogP contribution in [0.2, 0.25) is 0 Å². The van der Waals surface area contributed by atoms with Crippen LogP contribution in [-0.4, -0.2) is 11.1 Å². The third-order valence-electron chi connectivity index (χ3n) is 0.561. The van der Waals surface area contributed by atoms with E-state index in [2.05, 4.69) is 5.73 Å². The molecule has 0 fully saturated rings. The SMILES string of the molecule is CC=C=CCC(=O)O. The maximum atomic E-state index is 9.79. The van der Waals surface area contributed by atoms with Gasteiger partial charge in [-0.2, -0.15) is 0 Å². The number of hydrogen-bond donors (Lipinski definition) is 1. The van der Waals surface area contributed by atoms with Crippen LogP contribution in [0.5, 0.6) is 0 Å². The fraction of sp³-hybridized carbons (Fsp3) is 0.333. The van der Waals surface area contributed by atoms with E-state index in [1.54, 1.807) is 13.0 Å². The first-order valence-corrected chi connectivity index (χ1v) is 2.34. The van der Waals surface area contributed by atoms with E-state index in [1.807, 2.05) is 0 Å². The molecule has 0 saturated carbocycles. The zero-order valence-corrected chi connectivity index (χ0v) is 4.72. The number of carboxylic acid groups (broad SMARTS) is 1. The predicted molar refractivity (Wildman–Crippen MR) is 30.6 cm³/mol. The normalized spacial score (nSPS) is 7.12. The maximum absolute atomic E-state index is 9.79. The molecule has 1 N–H and O–H groups in total. The Hall–Kier alpha value is -1.01. The second-order valence-corrected chi connectivity index (χ2v) is 1.26. The lowest BCUT2D eigenvalue weighted by atomic mass is 10.4. The highest BCUT2D eigenvalue weighted by Gasteiger charge is 1.85. The second-order valence-electron chi connectivity index (χ2n) is 1.26. The molecule has 8 heavy (non-hydrogen) atoms. The van der Waals surface area contributed by atoms with Gasteiger partial charge in [0.25, 0.3) is 0 Å². The number of hydrogen-bond acceptors (Lipinski definition) is 1. The third-order valence-corrected chi connectivity index (χ3v) is 0.561. The first kappa shape index (κ1) is 6.99. The first-order valence-electron chi connectivity index (χ1n) is 2.34. The van der Waals surface area contributed by atoms with Crippen molar-refractivity contribution in [2.45, 2.75) is 13.3 Å². The van der Waals surface area contributed by atoms with E-state index in [-0.39, 0.29) is 6.42 Å². The van der Waals surface area contributed by atoms with E-state index in [1.165, 1.54) is 6.08 Å². The lowest BCUT2D eigenvalue weighted by Crippen LogP contribution is -1.88. The molecule has 0 amide bonds. The zero-order chi connectivity index (χ0) is 6.41. The van der Waals surface area contributed by atoms with Gasteiger partial charge in [0.2, 0.25) is 0 Å². The summed E-state index contributed by atoms with van der Waals surface area (Å²) in [7, 11) is 0. The minimum Gasteiger partial charge on any atom is -0.481 e. The smallest absolute Gasteiger partial charge is 0.307 e. The van der Waals surface area contributed by atoms with E-state index >= 15 is 0 Å². The average Bonchev–Trinajstić information content (AvgIpc) is 1.66. The van der Waals surface area contributed by atoms with Crippen LogP contribution >= 0.6 is 0 Å². The quantitative estimate of drug-likeness (QED) is 0.545. The van der Waals surface area contributed by atoms with Crippen molar-refractivity contribution in [3.63, 3.8) is 0 Å². The van der Waals surface area contributed by atoms with Crippen molar-refractivity contribution in [1.82, 2.24) is 0 Å². The molecule has 0 atom stereocenters. The summed E-state index contributed by atoms with van der Waals surface area (Å²) in [4.78, 5) is 9.79. The van der Waals surface area contributed by atoms with Crippen LogP contribution < -0.4 is 0 Å². The molecule has 44 valence electrons. The minimum absolute atomic E-state index is 0.0599. The largest absolute Gasteiger partial charge is 0.481 e. The van der Waals surface area contributed by atoms with Gasteiger partial charge in [0.05, 0.1) is 6.42 Å². The van der Waals surface area contributed by atoms with Crippen LogP contribution in [0.15, 0.2) is 17.9 Å². The van der Waals surface area contributed by atoms with Crippen LogP contribution in [0.25, 0.3) is 0 Å². The average molecular weight is 112 g/mol. The fourth-order valence-electron chi connectivity index (χ4n) is 0.264. The van der Waals surface area contributed by atoms with Crippen molar-refractivity contribution in [2.75, 3.05) is 0 Å². The topological polar surface area (TPSA) is 37.3 Å². The number of carboxylic acids is 1. The summed E-state index contributed by atoms with van der Waals surface area (Å²) < 4.78 is 0. The Morgan fingerprint density at radius 2 is 2.50 bits per heavy atom. The summed E-state index contributed by atoms with van der Waals surface area (Å²) in [5.74, 6) is -0.820. The summed E-state index contributed by atoms with van der Waals surface area (Å²) in [6.45, 7) is 1.79. The monoisotopic (exact) mass is 112 g/mol. The van der Waals surface area contributed by atoms with Crippen LogP contribution in [0.4, 0.5) is 0 Å². The summed E-state index contributed by atoms with van der Waals surface area (Å²) in [6, 6.07) is 0. The Labute approximate surface area is 48.1 Å². The minimum atomic E-state index is -0.820. The van der Waals surface area contributed by atoms with Crippen LogP contribution in [0.1, 0.15) is 13.3 Å². The van der Waals surface area contributed by atoms with Gasteiger partial charge in [0.1, 0.15) is 0 Å². The molecule has 0 unspecified atom stereocenters. The molecule has 0 aliphatic heterocycles. The van der Waals surface area contributed by atoms with Crippen molar-refractivity contribution in [2.24, 2.45) is 0 Å². The van der Waals surface area contributed by atoms with E-state index in [9.17, 15) is 4.79 Å². The van der Waals surface area contributed by atoms with Gasteiger partial charge in [-0.05, 0) is 19.1 Å². The standard InChI is InChI=1S/C6H8O2/c1-2-3-4-5-6(7)8/h2,4H,5H2,1H3,(H,7,8). The molecule has 0 radical (unpaired) electrons. The summed E-state index contributed by atoms with van der Waals surface area (Å²) in [5.41, 5.74) is 2.65. The molecule has 0 heterocycles. The molecule has 0 aromatic heterocycles. The Balaban J connectivity index is 3.45. The molecular formula is C6H8O2. The number of aliphatic carboxylic acids is 1. The van der Waals surface area contributed by atoms with Crippen LogP contribution in [0.3, 0.4) is 0 Å². The fourth-order valence-corrected chi connectivity index (χ4v) is 0.264. The lowest BCUT2D eigenvalue weighted by molar-refractivity contribution is -0.135. The van der Waals surface area contributed by atoms with Gasteiger partial charge < -0.3 is 5.11 Å². The predicted octanol–water partition coefficient (Wildman–Crippen LogP) is 1.19. The van der Waals surface area contributed by atoms with Gasteiger partial charge in [-0.3, -0.25) is 4.79 Å². The Kier molecular flexibility index (Phi) is 3.63. The molecule has 0 aliphatic carbocycles. The van der Waals surface area contributed by atoms with Gasteiger partial charge in [-0.1, -0.05) is 0 Å². The van der Waals surface area contributed by atoms with Gasteiger partial charge in [-0.15, -0.1) is 5.73 Å². The van der Waals surface area contributed by atoms with Gasteiger partial charge in [0, 0.05) is 0 Å². The van der Waals surface area contributed by atoms with Gasteiger partial charge in [0.15, 0.2) is 0 Å². The highest BCUT2D eigenvalue weighted by molar-refractivity contribution is 5.68. The van der Waals surface area contributed by atoms with E-state index in [0.717, 1.165) is 0 Å². The van der Waals surface area contributed by atoms with Crippen molar-refractivity contribution >= 4 is 5.97 Å². The number of rotatable bonds is 2. The molecule has 2 nitrogen and oxygen atoms in total. The maximum Gasteiger partial charge on any atom is 0.307 e. The van der Waals surface area contributed by atoms with E-state index in [4.69, 9.17) is 5.11 Å². The van der Waals surface area contributed by atoms with E-state index in [0.29, 0.717) is 0 Å². The molecule has 0 bridgehead atoms. The molecule has 0 aromatic rings. The van der Waals surface area contributed by atoms with Gasteiger partial charge >= 0.3 is 5.97 Å². The Morgan fingerprint density at radius 1 is 1.88 bits per heavy atom. The molecule has 0 spiro atoms. The summed E-state index contributed by atoms with van der Waals surface area (Å²) >= 11 is 0. The molecular weight excluding hydrogens is 104 g/mol. The van der Waals surface area contributed by atoms with Crippen molar-refractivity contribution in [3.05, 3.63) is 17.9 Å². The van der Waals surface area contributed by atoms with Crippen molar-refractivity contribution in [1.29, 1.82) is 0 Å². The first-order chi connectivity index (χ1) is 3.77. The highest BCUT2D eigenvalue weighted by atomic mass is 16.4. The summed E-state index contributed by atoms with van der Waals surface area (Å²) in [5, 5.41) is 8.05. The number of carbonyl (C=O) groups is 1. The van der Waals surface area contributed by atoms with E-state index < -0.39 is 5.97 Å². The Bertz CT molecular complexity index is 129. The van der Waals surface area contributed by atoms with Crippen molar-refractivity contribution in [3.8, 4) is 0 Å². The van der Waals surface area contributed by atoms with Crippen LogP contribution in [0, 0.1) is 0 Å². The summed E-state index contributed by atoms with van der Waals surface area (Å²) in [6.07, 6.45) is 3.20. The van der Waals surface area contributed by atoms with Gasteiger partial charge in [-0.25, -0.2) is 0 Å². The second kappa shape index (κ2) is 4.16. The molecule has 0 rings (SSSR count). The lowest BCUT2D eigenvalue weighted by Gasteiger charge is -1.75. The zero-order valence-electron chi connectivity index (χ0n) is 4.72. The van der Waals surface area contributed by atoms with Crippen molar-refractivity contribution < 1.29 is 9.90 Å². The molecule has 0 aromatic carbocycles. The highest BCUT2D eigenvalue weighted by Crippen LogP contribution is 1.77.